The second-order valence-electron chi connectivity index (χ2n) is 4.70. The third kappa shape index (κ3) is 3.58. The number of aromatic nitrogens is 2. The fourth-order valence-corrected chi connectivity index (χ4v) is 1.96. The molecular weight excluding hydrogens is 279 g/mol. The van der Waals surface area contributed by atoms with E-state index in [1.54, 1.807) is 18.3 Å². The van der Waals surface area contributed by atoms with E-state index >= 15 is 0 Å². The van der Waals surface area contributed by atoms with Gasteiger partial charge in [0.25, 0.3) is 0 Å². The number of hydrogen-bond donors (Lipinski definition) is 0. The summed E-state index contributed by atoms with van der Waals surface area (Å²) in [4.78, 5) is 4.13. The zero-order valence-corrected chi connectivity index (χ0v) is 11.8. The van der Waals surface area contributed by atoms with Gasteiger partial charge in [-0.1, -0.05) is 17.1 Å². The van der Waals surface area contributed by atoms with Crippen LogP contribution in [0, 0.1) is 17.7 Å². The molecule has 0 amide bonds. The molecule has 0 N–H and O–H groups in total. The van der Waals surface area contributed by atoms with Crippen molar-refractivity contribution in [3.8, 4) is 23.1 Å². The SMILES string of the molecule is Fc1ccc(-c2cc(CCC#Cc3ccccn3)on2)cc1. The van der Waals surface area contributed by atoms with E-state index in [1.165, 1.54) is 12.1 Å². The van der Waals surface area contributed by atoms with Gasteiger partial charge in [-0.25, -0.2) is 9.37 Å². The van der Waals surface area contributed by atoms with Crippen LogP contribution in [0.15, 0.2) is 59.3 Å². The Hall–Kier alpha value is -2.93. The number of nitrogens with zero attached hydrogens (tertiary/aromatic N) is 2. The zero-order valence-electron chi connectivity index (χ0n) is 11.8. The minimum atomic E-state index is -0.266. The zero-order chi connectivity index (χ0) is 15.2. The Labute approximate surface area is 127 Å². The highest BCUT2D eigenvalue weighted by molar-refractivity contribution is 5.58. The molecule has 3 nitrogen and oxygen atoms in total. The number of rotatable bonds is 3. The van der Waals surface area contributed by atoms with Crippen LogP contribution in [0.2, 0.25) is 0 Å². The molecule has 22 heavy (non-hydrogen) atoms. The van der Waals surface area contributed by atoms with Gasteiger partial charge in [0, 0.05) is 30.7 Å². The molecule has 0 fully saturated rings. The van der Waals surface area contributed by atoms with E-state index in [0.29, 0.717) is 18.5 Å². The highest BCUT2D eigenvalue weighted by Gasteiger charge is 2.06. The van der Waals surface area contributed by atoms with Crippen LogP contribution in [0.25, 0.3) is 11.3 Å². The Balaban J connectivity index is 1.61. The molecule has 1 aromatic carbocycles. The second-order valence-corrected chi connectivity index (χ2v) is 4.70. The third-order valence-corrected chi connectivity index (χ3v) is 3.08. The Bertz CT molecular complexity index is 798. The van der Waals surface area contributed by atoms with Gasteiger partial charge in [0.2, 0.25) is 0 Å². The molecule has 0 aliphatic rings. The fraction of sp³-hybridized carbons (Fsp3) is 0.111. The van der Waals surface area contributed by atoms with Gasteiger partial charge < -0.3 is 4.52 Å². The normalized spacial score (nSPS) is 10.0. The molecule has 0 saturated heterocycles. The van der Waals surface area contributed by atoms with Crippen LogP contribution in [0.3, 0.4) is 0 Å². The molecule has 0 radical (unpaired) electrons. The first-order chi connectivity index (χ1) is 10.8. The first-order valence-electron chi connectivity index (χ1n) is 6.93. The molecule has 2 heterocycles. The number of aryl methyl sites for hydroxylation is 1. The van der Waals surface area contributed by atoms with Crippen molar-refractivity contribution in [3.05, 3.63) is 72.0 Å². The average molecular weight is 292 g/mol. The molecule has 0 aliphatic carbocycles. The number of benzene rings is 1. The third-order valence-electron chi connectivity index (χ3n) is 3.08. The van der Waals surface area contributed by atoms with E-state index in [-0.39, 0.29) is 5.82 Å². The smallest absolute Gasteiger partial charge is 0.138 e. The maximum Gasteiger partial charge on any atom is 0.138 e. The molecule has 2 aromatic heterocycles. The largest absolute Gasteiger partial charge is 0.361 e. The van der Waals surface area contributed by atoms with E-state index in [0.717, 1.165) is 17.0 Å². The van der Waals surface area contributed by atoms with Gasteiger partial charge >= 0.3 is 0 Å². The highest BCUT2D eigenvalue weighted by Crippen LogP contribution is 2.19. The summed E-state index contributed by atoms with van der Waals surface area (Å²) in [5, 5.41) is 4.00. The lowest BCUT2D eigenvalue weighted by Crippen LogP contribution is -1.81. The molecule has 0 spiro atoms. The fourth-order valence-electron chi connectivity index (χ4n) is 1.96. The lowest BCUT2D eigenvalue weighted by Gasteiger charge is -1.93. The molecule has 0 bridgehead atoms. The molecule has 0 unspecified atom stereocenters. The maximum absolute atomic E-state index is 12.9. The van der Waals surface area contributed by atoms with Gasteiger partial charge in [0.05, 0.1) is 0 Å². The molecule has 4 heteroatoms. The van der Waals surface area contributed by atoms with Crippen molar-refractivity contribution in [2.24, 2.45) is 0 Å². The first kappa shape index (κ1) is 14.0. The van der Waals surface area contributed by atoms with Crippen molar-refractivity contribution < 1.29 is 8.91 Å². The van der Waals surface area contributed by atoms with E-state index in [9.17, 15) is 4.39 Å². The molecule has 0 atom stereocenters. The Morgan fingerprint density at radius 3 is 2.73 bits per heavy atom. The molecule has 0 aliphatic heterocycles. The Morgan fingerprint density at radius 2 is 1.95 bits per heavy atom. The molecule has 0 saturated carbocycles. The van der Waals surface area contributed by atoms with Crippen LogP contribution < -0.4 is 0 Å². The van der Waals surface area contributed by atoms with E-state index < -0.39 is 0 Å². The van der Waals surface area contributed by atoms with Gasteiger partial charge in [-0.15, -0.1) is 0 Å². The first-order valence-corrected chi connectivity index (χ1v) is 6.93. The van der Waals surface area contributed by atoms with Crippen molar-refractivity contribution in [2.45, 2.75) is 12.8 Å². The van der Waals surface area contributed by atoms with Gasteiger partial charge in [0.1, 0.15) is 23.0 Å². The lowest BCUT2D eigenvalue weighted by molar-refractivity contribution is 0.386. The molecule has 108 valence electrons. The van der Waals surface area contributed by atoms with Crippen molar-refractivity contribution in [3.63, 3.8) is 0 Å². The van der Waals surface area contributed by atoms with E-state index in [2.05, 4.69) is 22.0 Å². The van der Waals surface area contributed by atoms with Crippen molar-refractivity contribution in [1.29, 1.82) is 0 Å². The number of hydrogen-bond acceptors (Lipinski definition) is 3. The predicted octanol–water partition coefficient (Wildman–Crippen LogP) is 3.86. The van der Waals surface area contributed by atoms with Crippen LogP contribution in [0.5, 0.6) is 0 Å². The summed E-state index contributed by atoms with van der Waals surface area (Å²) in [6.07, 6.45) is 3.05. The number of halogens is 1. The van der Waals surface area contributed by atoms with E-state index in [1.807, 2.05) is 24.3 Å². The quantitative estimate of drug-likeness (QED) is 0.688. The minimum absolute atomic E-state index is 0.266. The van der Waals surface area contributed by atoms with Crippen molar-refractivity contribution in [1.82, 2.24) is 10.1 Å². The van der Waals surface area contributed by atoms with Crippen molar-refractivity contribution >= 4 is 0 Å². The summed E-state index contributed by atoms with van der Waals surface area (Å²) >= 11 is 0. The van der Waals surface area contributed by atoms with Crippen LogP contribution in [-0.2, 0) is 6.42 Å². The molecule has 3 aromatic rings. The van der Waals surface area contributed by atoms with Gasteiger partial charge in [0.15, 0.2) is 0 Å². The van der Waals surface area contributed by atoms with Crippen LogP contribution in [0.1, 0.15) is 17.9 Å². The van der Waals surface area contributed by atoms with Crippen LogP contribution >= 0.6 is 0 Å². The molecular formula is C18H13FN2O. The summed E-state index contributed by atoms with van der Waals surface area (Å²) in [7, 11) is 0. The second kappa shape index (κ2) is 6.68. The van der Waals surface area contributed by atoms with Crippen molar-refractivity contribution in [2.75, 3.05) is 0 Å². The summed E-state index contributed by atoms with van der Waals surface area (Å²) in [6, 6.07) is 13.7. The lowest BCUT2D eigenvalue weighted by atomic mass is 10.1. The van der Waals surface area contributed by atoms with E-state index in [4.69, 9.17) is 4.52 Å². The number of pyridine rings is 1. The topological polar surface area (TPSA) is 38.9 Å². The Morgan fingerprint density at radius 1 is 1.09 bits per heavy atom. The van der Waals surface area contributed by atoms with Gasteiger partial charge in [-0.3, -0.25) is 0 Å². The minimum Gasteiger partial charge on any atom is -0.361 e. The summed E-state index contributed by atoms with van der Waals surface area (Å²) < 4.78 is 18.2. The summed E-state index contributed by atoms with van der Waals surface area (Å²) in [5.74, 6) is 6.54. The van der Waals surface area contributed by atoms with Crippen LogP contribution in [0.4, 0.5) is 4.39 Å². The summed E-state index contributed by atoms with van der Waals surface area (Å²) in [5.41, 5.74) is 2.29. The average Bonchev–Trinajstić information content (AvgIpc) is 3.02. The van der Waals surface area contributed by atoms with Gasteiger partial charge in [-0.2, -0.15) is 0 Å². The summed E-state index contributed by atoms with van der Waals surface area (Å²) in [6.45, 7) is 0. The highest BCUT2D eigenvalue weighted by atomic mass is 19.1. The predicted molar refractivity (Wildman–Crippen MR) is 81.3 cm³/mol. The monoisotopic (exact) mass is 292 g/mol. The standard InChI is InChI=1S/C18H13FN2O/c19-15-10-8-14(9-11-15)18-13-17(22-21-18)7-2-1-5-16-6-3-4-12-20-16/h3-4,6,8-13H,2,7H2. The van der Waals surface area contributed by atoms with Crippen LogP contribution in [-0.4, -0.2) is 10.1 Å². The maximum atomic E-state index is 12.9. The Kier molecular flexibility index (Phi) is 4.26. The van der Waals surface area contributed by atoms with Gasteiger partial charge in [-0.05, 0) is 42.3 Å². The molecule has 3 rings (SSSR count).